The Bertz CT molecular complexity index is 2360. The Labute approximate surface area is 479 Å². The highest BCUT2D eigenvalue weighted by molar-refractivity contribution is 5.99. The first kappa shape index (κ1) is 68.6. The van der Waals surface area contributed by atoms with Crippen LogP contribution in [0.4, 0.5) is 0 Å². The van der Waals surface area contributed by atoms with E-state index in [2.05, 4.69) is 26.6 Å². The van der Waals surface area contributed by atoms with Crippen molar-refractivity contribution >= 4 is 65.0 Å². The van der Waals surface area contributed by atoms with Gasteiger partial charge in [0, 0.05) is 61.3 Å². The number of piperidine rings is 1. The summed E-state index contributed by atoms with van der Waals surface area (Å²) in [5, 5.41) is 24.4. The van der Waals surface area contributed by atoms with Gasteiger partial charge in [0.2, 0.25) is 65.0 Å². The summed E-state index contributed by atoms with van der Waals surface area (Å²) in [7, 11) is 7.02. The second-order valence-corrected chi connectivity index (χ2v) is 23.5. The molecule has 0 radical (unpaired) electrons. The fourth-order valence-corrected chi connectivity index (χ4v) is 10.1. The van der Waals surface area contributed by atoms with Crippen LogP contribution in [0.2, 0.25) is 0 Å². The number of carbonyl (C=O) groups is 11. The molecule has 0 aromatic heterocycles. The number of aliphatic hydroxyl groups is 1. The molecule has 6 N–H and O–H groups in total. The van der Waals surface area contributed by atoms with Crippen LogP contribution in [-0.4, -0.2) is 215 Å². The van der Waals surface area contributed by atoms with Crippen molar-refractivity contribution in [3.8, 4) is 0 Å². The van der Waals surface area contributed by atoms with Crippen molar-refractivity contribution < 1.29 is 57.8 Å². The Kier molecular flexibility index (Phi) is 26.7. The summed E-state index contributed by atoms with van der Waals surface area (Å²) in [5.41, 5.74) is 0.694. The number of rotatable bonds is 10. The predicted molar refractivity (Wildman–Crippen MR) is 305 cm³/mol. The van der Waals surface area contributed by atoms with Gasteiger partial charge in [0.1, 0.15) is 48.3 Å². The maximum Gasteiger partial charge on any atom is 0.248 e. The zero-order valence-electron chi connectivity index (χ0n) is 50.9. The summed E-state index contributed by atoms with van der Waals surface area (Å²) < 4.78 is 0. The number of carbonyl (C=O) groups excluding carboxylic acids is 11. The van der Waals surface area contributed by atoms with E-state index in [-0.39, 0.29) is 31.2 Å². The minimum atomic E-state index is -1.58. The third-order valence-corrected chi connectivity index (χ3v) is 15.7. The molecule has 23 nitrogen and oxygen atoms in total. The molecular formula is C58H95N11O12. The van der Waals surface area contributed by atoms with Gasteiger partial charge in [-0.3, -0.25) is 52.7 Å². The second kappa shape index (κ2) is 31.5. The molecule has 1 aromatic rings. The van der Waals surface area contributed by atoms with Gasteiger partial charge in [0.15, 0.2) is 0 Å². The number of likely N-dealkylation sites (N-methyl/N-ethyl adjacent to an activating group) is 5. The van der Waals surface area contributed by atoms with Crippen molar-refractivity contribution in [3.63, 3.8) is 0 Å². The lowest BCUT2D eigenvalue weighted by Crippen LogP contribution is -2.61. The van der Waals surface area contributed by atoms with E-state index in [1.165, 1.54) is 75.6 Å². The Hall–Kier alpha value is -6.65. The van der Waals surface area contributed by atoms with Crippen LogP contribution < -0.4 is 26.6 Å². The highest BCUT2D eigenvalue weighted by Gasteiger charge is 2.41. The van der Waals surface area contributed by atoms with Crippen molar-refractivity contribution in [2.75, 3.05) is 61.4 Å². The van der Waals surface area contributed by atoms with Crippen LogP contribution in [0.5, 0.6) is 0 Å². The highest BCUT2D eigenvalue weighted by atomic mass is 16.3. The number of aliphatic hydroxyl groups excluding tert-OH is 1. The van der Waals surface area contributed by atoms with Crippen LogP contribution in [0.15, 0.2) is 30.3 Å². The van der Waals surface area contributed by atoms with Crippen LogP contribution in [0.3, 0.4) is 0 Å². The Morgan fingerprint density at radius 2 is 1.23 bits per heavy atom. The summed E-state index contributed by atoms with van der Waals surface area (Å²) in [4.78, 5) is 165. The summed E-state index contributed by atoms with van der Waals surface area (Å²) in [6.45, 7) is 18.4. The maximum atomic E-state index is 14.7. The SMILES string of the molecule is CC[C@H](C)[C@H]1C(=O)N[C@@H](C)C(=O)N[C@H](C(=O)N2CCCCC2)CC(=O)N[C@H](C(C)C)C(=O)N[C@@H](Cc2ccccc2)C(=O)N(C)C[C@@H](C(C)C)C(=O)N(C)[C@@H](C)C(=O)N[C@@H]([C@@H](C)O)C(=O)N(C)CC(=O)N(C)[C@@H](CC(C)C)C(=O)N1C. The average molecular weight is 1140 g/mol. The first-order valence-electron chi connectivity index (χ1n) is 28.6. The molecule has 23 heteroatoms. The van der Waals surface area contributed by atoms with E-state index in [9.17, 15) is 57.8 Å². The summed E-state index contributed by atoms with van der Waals surface area (Å²) in [6.07, 6.45) is 0.805. The Balaban J connectivity index is 2.19. The number of nitrogens with one attached hydrogen (secondary N) is 5. The molecule has 1 aromatic carbocycles. The highest BCUT2D eigenvalue weighted by Crippen LogP contribution is 2.22. The molecule has 454 valence electrons. The third-order valence-electron chi connectivity index (χ3n) is 15.7. The van der Waals surface area contributed by atoms with Crippen molar-refractivity contribution in [1.82, 2.24) is 56.0 Å². The Morgan fingerprint density at radius 3 is 1.78 bits per heavy atom. The minimum Gasteiger partial charge on any atom is -0.391 e. The van der Waals surface area contributed by atoms with Gasteiger partial charge in [-0.15, -0.1) is 0 Å². The molecule has 0 bridgehead atoms. The van der Waals surface area contributed by atoms with E-state index in [4.69, 9.17) is 0 Å². The zero-order chi connectivity index (χ0) is 61.3. The molecule has 2 aliphatic rings. The zero-order valence-corrected chi connectivity index (χ0v) is 50.9. The molecule has 0 unspecified atom stereocenters. The van der Waals surface area contributed by atoms with Gasteiger partial charge < -0.3 is 61.1 Å². The molecule has 11 atom stereocenters. The summed E-state index contributed by atoms with van der Waals surface area (Å²) in [5.74, 6) is -9.98. The molecule has 0 spiro atoms. The molecular weight excluding hydrogens is 1040 g/mol. The van der Waals surface area contributed by atoms with Crippen LogP contribution in [0.25, 0.3) is 0 Å². The van der Waals surface area contributed by atoms with Crippen LogP contribution >= 0.6 is 0 Å². The van der Waals surface area contributed by atoms with E-state index in [1.807, 2.05) is 20.8 Å². The molecule has 2 saturated heterocycles. The lowest BCUT2D eigenvalue weighted by Gasteiger charge is -2.38. The van der Waals surface area contributed by atoms with E-state index < -0.39 is 150 Å². The van der Waals surface area contributed by atoms with Crippen LogP contribution in [-0.2, 0) is 59.2 Å². The predicted octanol–water partition coefficient (Wildman–Crippen LogP) is 0.908. The summed E-state index contributed by atoms with van der Waals surface area (Å²) >= 11 is 0. The molecule has 2 aliphatic heterocycles. The largest absolute Gasteiger partial charge is 0.391 e. The molecule has 0 saturated carbocycles. The Morgan fingerprint density at radius 1 is 0.630 bits per heavy atom. The van der Waals surface area contributed by atoms with E-state index >= 15 is 0 Å². The number of nitrogens with zero attached hydrogens (tertiary/aromatic N) is 6. The minimum absolute atomic E-state index is 0.0195. The van der Waals surface area contributed by atoms with Gasteiger partial charge in [-0.1, -0.05) is 92.1 Å². The van der Waals surface area contributed by atoms with Crippen molar-refractivity contribution in [3.05, 3.63) is 35.9 Å². The standard InChI is InChI=1S/C58H95N11O12/c1-17-36(8)49-53(76)59-37(9)50(73)60-43(56(79)69-26-22-19-23-27-69)30-45(71)62-47(35(6)7)52(75)61-42(29-40-24-20-18-21-25-40)55(78)64(12)31-41(34(4)5)54(77)66(14)38(10)51(74)63-48(39(11)70)58(81)65(13)32-46(72)67(15)44(28-33(2)3)57(80)68(49)16/h18,20-21,24-25,33-39,41-44,47-49,70H,17,19,22-23,26-32H2,1-16H3,(H,59,76)(H,60,73)(H,61,75)(H,62,71)(H,63,74)/t36-,37-,38-,39+,41-,42-,43-,44-,47+,48-,49-/m0/s1. The lowest BCUT2D eigenvalue weighted by molar-refractivity contribution is -0.151. The van der Waals surface area contributed by atoms with E-state index in [1.54, 1.807) is 69.9 Å². The quantitative estimate of drug-likeness (QED) is 0.191. The van der Waals surface area contributed by atoms with Crippen LogP contribution in [0, 0.1) is 29.6 Å². The number of likely N-dealkylation sites (tertiary alicyclic amines) is 1. The molecule has 2 heterocycles. The number of benzene rings is 1. The van der Waals surface area contributed by atoms with Crippen LogP contribution in [0.1, 0.15) is 120 Å². The topological polar surface area (TPSA) is 288 Å². The number of amides is 11. The van der Waals surface area contributed by atoms with Gasteiger partial charge in [0.25, 0.3) is 0 Å². The smallest absolute Gasteiger partial charge is 0.248 e. The number of hydrogen-bond acceptors (Lipinski definition) is 12. The monoisotopic (exact) mass is 1140 g/mol. The average Bonchev–Trinajstić information content (AvgIpc) is 3.42. The third kappa shape index (κ3) is 19.2. The molecule has 0 aliphatic carbocycles. The molecule has 11 amide bonds. The molecule has 3 rings (SSSR count). The van der Waals surface area contributed by atoms with Crippen molar-refractivity contribution in [1.29, 1.82) is 0 Å². The second-order valence-electron chi connectivity index (χ2n) is 23.5. The number of hydrogen-bond donors (Lipinski definition) is 6. The first-order chi connectivity index (χ1) is 37.8. The molecule has 2 fully saturated rings. The first-order valence-corrected chi connectivity index (χ1v) is 28.6. The fraction of sp³-hybridized carbons (Fsp3) is 0.707. The van der Waals surface area contributed by atoms with Gasteiger partial charge in [-0.05, 0) is 75.7 Å². The summed E-state index contributed by atoms with van der Waals surface area (Å²) in [6, 6.07) is -1.37. The van der Waals surface area contributed by atoms with Gasteiger partial charge >= 0.3 is 0 Å². The van der Waals surface area contributed by atoms with Gasteiger partial charge in [0.05, 0.1) is 25.0 Å². The normalized spacial score (nSPS) is 27.1. The maximum absolute atomic E-state index is 14.7. The van der Waals surface area contributed by atoms with Gasteiger partial charge in [-0.2, -0.15) is 0 Å². The molecule has 81 heavy (non-hydrogen) atoms. The van der Waals surface area contributed by atoms with E-state index in [0.717, 1.165) is 11.3 Å². The van der Waals surface area contributed by atoms with Crippen molar-refractivity contribution in [2.24, 2.45) is 29.6 Å². The fourth-order valence-electron chi connectivity index (χ4n) is 10.1. The lowest BCUT2D eigenvalue weighted by atomic mass is 9.92. The van der Waals surface area contributed by atoms with E-state index in [0.29, 0.717) is 37.9 Å². The van der Waals surface area contributed by atoms with Gasteiger partial charge in [-0.25, -0.2) is 0 Å². The van der Waals surface area contributed by atoms with Crippen molar-refractivity contribution in [2.45, 2.75) is 176 Å².